The minimum absolute atomic E-state index is 0.0698. The average molecular weight is 485 g/mol. The van der Waals surface area contributed by atoms with Gasteiger partial charge in [0.2, 0.25) is 5.91 Å². The van der Waals surface area contributed by atoms with Crippen LogP contribution >= 0.6 is 0 Å². The van der Waals surface area contributed by atoms with Crippen molar-refractivity contribution >= 4 is 17.5 Å². The Morgan fingerprint density at radius 2 is 1.91 bits per heavy atom. The standard InChI is InChI=1S/C26H36N4O5/c1-18-13-30(14-20-8-10-27-11-9-20)19(2)16-35-23-7-6-21(28-25(31)17-33-4)12-22(23)26(32)29(3)15-24(18)34-5/h6-12,18-19,24H,13-17H2,1-5H3,(H,28,31)/t18-,19-,24+/m1/s1. The zero-order chi connectivity index (χ0) is 25.4. The Labute approximate surface area is 207 Å². The first-order chi connectivity index (χ1) is 16.8. The van der Waals surface area contributed by atoms with E-state index >= 15 is 0 Å². The van der Waals surface area contributed by atoms with Crippen molar-refractivity contribution in [3.8, 4) is 5.75 Å². The maximum Gasteiger partial charge on any atom is 0.257 e. The number of likely N-dealkylation sites (N-methyl/N-ethyl adjacent to an activating group) is 1. The number of ether oxygens (including phenoxy) is 3. The van der Waals surface area contributed by atoms with Crippen molar-refractivity contribution in [3.63, 3.8) is 0 Å². The molecule has 0 saturated carbocycles. The highest BCUT2D eigenvalue weighted by molar-refractivity contribution is 5.99. The topological polar surface area (TPSA) is 93.2 Å². The summed E-state index contributed by atoms with van der Waals surface area (Å²) in [6.07, 6.45) is 3.45. The quantitative estimate of drug-likeness (QED) is 0.674. The summed E-state index contributed by atoms with van der Waals surface area (Å²) in [7, 11) is 4.89. The van der Waals surface area contributed by atoms with Crippen LogP contribution in [0, 0.1) is 5.92 Å². The van der Waals surface area contributed by atoms with Crippen LogP contribution in [0.15, 0.2) is 42.7 Å². The van der Waals surface area contributed by atoms with E-state index in [9.17, 15) is 9.59 Å². The molecule has 0 fully saturated rings. The fourth-order valence-corrected chi connectivity index (χ4v) is 4.20. The van der Waals surface area contributed by atoms with Crippen molar-refractivity contribution in [2.24, 2.45) is 5.92 Å². The van der Waals surface area contributed by atoms with Crippen molar-refractivity contribution in [2.45, 2.75) is 32.5 Å². The molecule has 3 atom stereocenters. The van der Waals surface area contributed by atoms with Crippen LogP contribution in [0.4, 0.5) is 5.69 Å². The molecule has 9 heteroatoms. The summed E-state index contributed by atoms with van der Waals surface area (Å²) in [6.45, 7) is 6.55. The number of benzene rings is 1. The molecule has 1 aromatic carbocycles. The second kappa shape index (κ2) is 12.6. The predicted octanol–water partition coefficient (Wildman–Crippen LogP) is 2.67. The van der Waals surface area contributed by atoms with E-state index in [1.54, 1.807) is 49.7 Å². The monoisotopic (exact) mass is 484 g/mol. The number of amides is 2. The predicted molar refractivity (Wildman–Crippen MR) is 133 cm³/mol. The Kier molecular flexibility index (Phi) is 9.59. The highest BCUT2D eigenvalue weighted by atomic mass is 16.5. The summed E-state index contributed by atoms with van der Waals surface area (Å²) < 4.78 is 16.9. The number of nitrogens with zero attached hydrogens (tertiary/aromatic N) is 3. The van der Waals surface area contributed by atoms with E-state index in [-0.39, 0.29) is 36.5 Å². The minimum atomic E-state index is -0.295. The number of fused-ring (bicyclic) bond motifs is 1. The maximum atomic E-state index is 13.4. The van der Waals surface area contributed by atoms with Gasteiger partial charge in [-0.25, -0.2) is 0 Å². The van der Waals surface area contributed by atoms with Gasteiger partial charge in [-0.3, -0.25) is 19.5 Å². The number of nitrogens with one attached hydrogen (secondary N) is 1. The Morgan fingerprint density at radius 3 is 2.60 bits per heavy atom. The first kappa shape index (κ1) is 26.6. The summed E-state index contributed by atoms with van der Waals surface area (Å²) in [5.41, 5.74) is 2.06. The molecule has 2 aromatic rings. The van der Waals surface area contributed by atoms with Crippen LogP contribution in [0.2, 0.25) is 0 Å². The van der Waals surface area contributed by atoms with Crippen molar-refractivity contribution in [2.75, 3.05) is 52.9 Å². The fraction of sp³-hybridized carbons (Fsp3) is 0.500. The van der Waals surface area contributed by atoms with Crippen LogP contribution in [0.25, 0.3) is 0 Å². The van der Waals surface area contributed by atoms with Gasteiger partial charge < -0.3 is 24.4 Å². The summed E-state index contributed by atoms with van der Waals surface area (Å²) >= 11 is 0. The lowest BCUT2D eigenvalue weighted by atomic mass is 10.0. The first-order valence-corrected chi connectivity index (χ1v) is 11.8. The van der Waals surface area contributed by atoms with Crippen LogP contribution in [-0.2, 0) is 20.8 Å². The molecule has 3 rings (SSSR count). The second-order valence-electron chi connectivity index (χ2n) is 9.07. The van der Waals surface area contributed by atoms with Gasteiger partial charge >= 0.3 is 0 Å². The number of hydrogen-bond donors (Lipinski definition) is 1. The van der Waals surface area contributed by atoms with E-state index in [1.165, 1.54) is 12.7 Å². The molecule has 1 aromatic heterocycles. The molecule has 0 bridgehead atoms. The van der Waals surface area contributed by atoms with E-state index < -0.39 is 0 Å². The van der Waals surface area contributed by atoms with Crippen molar-refractivity contribution in [3.05, 3.63) is 53.9 Å². The van der Waals surface area contributed by atoms with Gasteiger partial charge in [0, 0.05) is 65.0 Å². The SMILES string of the molecule is COCC(=O)Nc1ccc2c(c1)C(=O)N(C)C[C@H](OC)[C@H](C)CN(Cc1ccncc1)[C@H](C)CO2. The second-order valence-corrected chi connectivity index (χ2v) is 9.07. The molecular formula is C26H36N4O5. The van der Waals surface area contributed by atoms with Crippen LogP contribution in [0.5, 0.6) is 5.75 Å². The third kappa shape index (κ3) is 7.24. The number of aromatic nitrogens is 1. The van der Waals surface area contributed by atoms with E-state index in [2.05, 4.69) is 29.0 Å². The molecule has 9 nitrogen and oxygen atoms in total. The average Bonchev–Trinajstić information content (AvgIpc) is 2.85. The molecule has 0 aliphatic carbocycles. The maximum absolute atomic E-state index is 13.4. The summed E-state index contributed by atoms with van der Waals surface area (Å²) in [5, 5.41) is 2.76. The Hall–Kier alpha value is -3.01. The first-order valence-electron chi connectivity index (χ1n) is 11.8. The molecule has 1 N–H and O–H groups in total. The van der Waals surface area contributed by atoms with Gasteiger partial charge in [0.05, 0.1) is 11.7 Å². The number of anilines is 1. The third-order valence-electron chi connectivity index (χ3n) is 6.27. The molecule has 2 amide bonds. The number of carbonyl (C=O) groups is 2. The molecule has 1 aliphatic heterocycles. The van der Waals surface area contributed by atoms with Crippen molar-refractivity contribution < 1.29 is 23.8 Å². The normalized spacial score (nSPS) is 21.9. The van der Waals surface area contributed by atoms with Gasteiger partial charge in [0.25, 0.3) is 5.91 Å². The lowest BCUT2D eigenvalue weighted by Crippen LogP contribution is -2.46. The molecule has 0 saturated heterocycles. The molecule has 1 aliphatic rings. The van der Waals surface area contributed by atoms with Crippen LogP contribution in [0.3, 0.4) is 0 Å². The highest BCUT2D eigenvalue weighted by Crippen LogP contribution is 2.26. The summed E-state index contributed by atoms with van der Waals surface area (Å²) in [6, 6.07) is 9.21. The van der Waals surface area contributed by atoms with Crippen molar-refractivity contribution in [1.82, 2.24) is 14.8 Å². The Balaban J connectivity index is 1.92. The Morgan fingerprint density at radius 1 is 1.17 bits per heavy atom. The summed E-state index contributed by atoms with van der Waals surface area (Å²) in [4.78, 5) is 33.5. The number of hydrogen-bond acceptors (Lipinski definition) is 7. The minimum Gasteiger partial charge on any atom is -0.491 e. The van der Waals surface area contributed by atoms with Gasteiger partial charge in [-0.05, 0) is 48.7 Å². The van der Waals surface area contributed by atoms with Gasteiger partial charge in [0.1, 0.15) is 19.0 Å². The fourth-order valence-electron chi connectivity index (χ4n) is 4.20. The van der Waals surface area contributed by atoms with E-state index in [0.717, 1.165) is 13.1 Å². The Bertz CT molecular complexity index is 987. The van der Waals surface area contributed by atoms with Gasteiger partial charge in [-0.15, -0.1) is 0 Å². The lowest BCUT2D eigenvalue weighted by molar-refractivity contribution is -0.119. The van der Waals surface area contributed by atoms with E-state index in [1.807, 2.05) is 12.1 Å². The number of carbonyl (C=O) groups excluding carboxylic acids is 2. The number of methoxy groups -OCH3 is 2. The van der Waals surface area contributed by atoms with Crippen LogP contribution in [-0.4, -0.2) is 86.3 Å². The van der Waals surface area contributed by atoms with Crippen molar-refractivity contribution in [1.29, 1.82) is 0 Å². The summed E-state index contributed by atoms with van der Waals surface area (Å²) in [5.74, 6) is 0.151. The number of rotatable bonds is 6. The molecule has 190 valence electrons. The van der Waals surface area contributed by atoms with Crippen LogP contribution < -0.4 is 10.1 Å². The molecule has 2 heterocycles. The molecule has 0 unspecified atom stereocenters. The largest absolute Gasteiger partial charge is 0.491 e. The number of pyridine rings is 1. The molecule has 0 radical (unpaired) electrons. The zero-order valence-corrected chi connectivity index (χ0v) is 21.2. The third-order valence-corrected chi connectivity index (χ3v) is 6.27. The van der Waals surface area contributed by atoms with Gasteiger partial charge in [0.15, 0.2) is 0 Å². The zero-order valence-electron chi connectivity index (χ0n) is 21.2. The highest BCUT2D eigenvalue weighted by Gasteiger charge is 2.28. The lowest BCUT2D eigenvalue weighted by Gasteiger charge is -2.36. The molecular weight excluding hydrogens is 448 g/mol. The van der Waals surface area contributed by atoms with E-state index in [4.69, 9.17) is 14.2 Å². The van der Waals surface area contributed by atoms with Gasteiger partial charge in [-0.1, -0.05) is 6.92 Å². The van der Waals surface area contributed by atoms with E-state index in [0.29, 0.717) is 30.2 Å². The molecule has 0 spiro atoms. The smallest absolute Gasteiger partial charge is 0.257 e. The van der Waals surface area contributed by atoms with Crippen LogP contribution in [0.1, 0.15) is 29.8 Å². The van der Waals surface area contributed by atoms with Gasteiger partial charge in [-0.2, -0.15) is 0 Å². The molecule has 35 heavy (non-hydrogen) atoms.